The highest BCUT2D eigenvalue weighted by Crippen LogP contribution is 2.35. The van der Waals surface area contributed by atoms with E-state index in [4.69, 9.17) is 23.7 Å². The number of epoxide rings is 1. The molecule has 24 heavy (non-hydrogen) atoms. The molecule has 1 heterocycles. The number of methoxy groups -OCH3 is 3. The van der Waals surface area contributed by atoms with Gasteiger partial charge in [-0.2, -0.15) is 0 Å². The average molecular weight is 347 g/mol. The maximum atomic E-state index is 6.17. The fourth-order valence-corrected chi connectivity index (χ4v) is 3.31. The first-order valence-corrected chi connectivity index (χ1v) is 9.56. The van der Waals surface area contributed by atoms with Crippen LogP contribution in [0, 0.1) is 5.92 Å². The highest BCUT2D eigenvalue weighted by atomic mass is 16.9. The van der Waals surface area contributed by atoms with Crippen molar-refractivity contribution in [2.45, 2.75) is 83.4 Å². The van der Waals surface area contributed by atoms with Gasteiger partial charge < -0.3 is 23.7 Å². The molecule has 3 atom stereocenters. The molecule has 1 fully saturated rings. The van der Waals surface area contributed by atoms with Gasteiger partial charge in [0, 0.05) is 27.9 Å². The number of hydrogen-bond donors (Lipinski definition) is 0. The minimum Gasteiger partial charge on any atom is -0.373 e. The van der Waals surface area contributed by atoms with E-state index in [0.29, 0.717) is 18.6 Å². The first kappa shape index (κ1) is 21.8. The van der Waals surface area contributed by atoms with E-state index in [9.17, 15) is 0 Å². The molecule has 0 amide bonds. The number of rotatable bonds is 16. The Kier molecular flexibility index (Phi) is 11.1. The third-order valence-electron chi connectivity index (χ3n) is 4.78. The lowest BCUT2D eigenvalue weighted by atomic mass is 9.89. The van der Waals surface area contributed by atoms with Crippen LogP contribution >= 0.6 is 0 Å². The summed E-state index contributed by atoms with van der Waals surface area (Å²) in [7, 11) is 4.84. The van der Waals surface area contributed by atoms with Crippen LogP contribution in [0.2, 0.25) is 0 Å². The van der Waals surface area contributed by atoms with E-state index in [2.05, 4.69) is 13.8 Å². The molecule has 0 spiro atoms. The Labute approximate surface area is 148 Å². The fourth-order valence-electron chi connectivity index (χ4n) is 3.31. The molecule has 0 aliphatic carbocycles. The van der Waals surface area contributed by atoms with Crippen LogP contribution in [0.5, 0.6) is 0 Å². The molecule has 0 aromatic rings. The molecule has 1 saturated heterocycles. The van der Waals surface area contributed by atoms with Crippen molar-refractivity contribution in [2.24, 2.45) is 5.92 Å². The summed E-state index contributed by atoms with van der Waals surface area (Å²) >= 11 is 0. The molecule has 3 unspecified atom stereocenters. The molecule has 0 saturated carbocycles. The van der Waals surface area contributed by atoms with Crippen molar-refractivity contribution < 1.29 is 23.7 Å². The molecule has 144 valence electrons. The van der Waals surface area contributed by atoms with E-state index >= 15 is 0 Å². The van der Waals surface area contributed by atoms with Crippen LogP contribution in [-0.4, -0.2) is 52.7 Å². The third-order valence-corrected chi connectivity index (χ3v) is 4.78. The third kappa shape index (κ3) is 6.96. The molecule has 1 aliphatic rings. The van der Waals surface area contributed by atoms with Gasteiger partial charge >= 0.3 is 5.97 Å². The molecule has 1 aliphatic heterocycles. The van der Waals surface area contributed by atoms with Crippen LogP contribution in [0.25, 0.3) is 0 Å². The van der Waals surface area contributed by atoms with Crippen LogP contribution in [0.15, 0.2) is 0 Å². The summed E-state index contributed by atoms with van der Waals surface area (Å²) in [4.78, 5) is 0. The average Bonchev–Trinajstić information content (AvgIpc) is 3.42. The van der Waals surface area contributed by atoms with Crippen molar-refractivity contribution in [1.29, 1.82) is 0 Å². The van der Waals surface area contributed by atoms with Crippen molar-refractivity contribution >= 4 is 0 Å². The predicted octanol–water partition coefficient (Wildman–Crippen LogP) is 4.14. The quantitative estimate of drug-likeness (QED) is 0.239. The Morgan fingerprint density at radius 1 is 0.958 bits per heavy atom. The summed E-state index contributed by atoms with van der Waals surface area (Å²) in [5.74, 6) is -0.858. The fraction of sp³-hybridized carbons (Fsp3) is 1.00. The van der Waals surface area contributed by atoms with E-state index in [0.717, 1.165) is 25.9 Å². The maximum Gasteiger partial charge on any atom is 0.310 e. The zero-order valence-electron chi connectivity index (χ0n) is 16.3. The summed E-state index contributed by atoms with van der Waals surface area (Å²) in [5, 5.41) is 0. The molecule has 0 bridgehead atoms. The SMILES string of the molecule is CCCCCCCC(CC1CO1)C(OCCC)C(OC)(OC)OC. The molecule has 0 aromatic heterocycles. The van der Waals surface area contributed by atoms with E-state index in [-0.39, 0.29) is 6.10 Å². The summed E-state index contributed by atoms with van der Waals surface area (Å²) in [5.41, 5.74) is 0. The van der Waals surface area contributed by atoms with Gasteiger partial charge in [-0.05, 0) is 25.2 Å². The lowest BCUT2D eigenvalue weighted by molar-refractivity contribution is -0.401. The second-order valence-corrected chi connectivity index (χ2v) is 6.66. The van der Waals surface area contributed by atoms with Gasteiger partial charge in [0.25, 0.3) is 0 Å². The summed E-state index contributed by atoms with van der Waals surface area (Å²) in [6.45, 7) is 5.87. The van der Waals surface area contributed by atoms with Gasteiger partial charge in [-0.3, -0.25) is 0 Å². The highest BCUT2D eigenvalue weighted by Gasteiger charge is 2.47. The van der Waals surface area contributed by atoms with Crippen molar-refractivity contribution in [2.75, 3.05) is 34.5 Å². The van der Waals surface area contributed by atoms with Gasteiger partial charge in [-0.25, -0.2) is 0 Å². The summed E-state index contributed by atoms with van der Waals surface area (Å²) in [6.07, 6.45) is 9.42. The topological polar surface area (TPSA) is 49.5 Å². The van der Waals surface area contributed by atoms with Crippen molar-refractivity contribution in [1.82, 2.24) is 0 Å². The van der Waals surface area contributed by atoms with Gasteiger partial charge in [0.2, 0.25) is 0 Å². The molecule has 0 radical (unpaired) electrons. The summed E-state index contributed by atoms with van der Waals surface area (Å²) < 4.78 is 28.5. The van der Waals surface area contributed by atoms with Crippen LogP contribution in [-0.2, 0) is 23.7 Å². The molecule has 0 aromatic carbocycles. The van der Waals surface area contributed by atoms with Crippen LogP contribution in [0.4, 0.5) is 0 Å². The van der Waals surface area contributed by atoms with Gasteiger partial charge in [-0.15, -0.1) is 0 Å². The Hall–Kier alpha value is -0.200. The maximum absolute atomic E-state index is 6.17. The van der Waals surface area contributed by atoms with E-state index in [1.165, 1.54) is 32.1 Å². The number of ether oxygens (including phenoxy) is 5. The monoisotopic (exact) mass is 346 g/mol. The molecular weight excluding hydrogens is 308 g/mol. The first-order chi connectivity index (χ1) is 11.7. The molecule has 1 rings (SSSR count). The van der Waals surface area contributed by atoms with Crippen molar-refractivity contribution in [3.63, 3.8) is 0 Å². The van der Waals surface area contributed by atoms with Gasteiger partial charge in [0.15, 0.2) is 0 Å². The van der Waals surface area contributed by atoms with Crippen LogP contribution in [0.3, 0.4) is 0 Å². The minimum absolute atomic E-state index is 0.257. The van der Waals surface area contributed by atoms with Gasteiger partial charge in [-0.1, -0.05) is 46.0 Å². The molecule has 0 N–H and O–H groups in total. The summed E-state index contributed by atoms with van der Waals surface area (Å²) in [6, 6.07) is 0. The second-order valence-electron chi connectivity index (χ2n) is 6.66. The first-order valence-electron chi connectivity index (χ1n) is 9.56. The van der Waals surface area contributed by atoms with Crippen LogP contribution in [0.1, 0.15) is 65.2 Å². The zero-order valence-corrected chi connectivity index (χ0v) is 16.3. The van der Waals surface area contributed by atoms with E-state index in [1.807, 2.05) is 0 Å². The highest BCUT2D eigenvalue weighted by molar-refractivity contribution is 4.85. The molecule has 5 nitrogen and oxygen atoms in total. The Bertz CT molecular complexity index is 294. The zero-order chi connectivity index (χ0) is 17.8. The Morgan fingerprint density at radius 3 is 2.08 bits per heavy atom. The molecular formula is C19H38O5. The number of hydrogen-bond acceptors (Lipinski definition) is 5. The van der Waals surface area contributed by atoms with Gasteiger partial charge in [0.1, 0.15) is 6.10 Å². The van der Waals surface area contributed by atoms with E-state index in [1.54, 1.807) is 21.3 Å². The largest absolute Gasteiger partial charge is 0.373 e. The van der Waals surface area contributed by atoms with Crippen LogP contribution < -0.4 is 0 Å². The second kappa shape index (κ2) is 12.2. The number of unbranched alkanes of at least 4 members (excludes halogenated alkanes) is 4. The normalized spacial score (nSPS) is 20.1. The van der Waals surface area contributed by atoms with Crippen molar-refractivity contribution in [3.8, 4) is 0 Å². The lowest BCUT2D eigenvalue weighted by Gasteiger charge is -2.40. The standard InChI is InChI=1S/C19H38O5/c1-6-8-9-10-11-12-16(14-17-15-24-17)18(23-13-7-2)19(20-3,21-4)22-5/h16-18H,6-15H2,1-5H3. The lowest BCUT2D eigenvalue weighted by Crippen LogP contribution is -2.53. The Balaban J connectivity index is 2.75. The predicted molar refractivity (Wildman–Crippen MR) is 95.0 cm³/mol. The smallest absolute Gasteiger partial charge is 0.310 e. The van der Waals surface area contributed by atoms with E-state index < -0.39 is 5.97 Å². The molecule has 5 heteroatoms. The van der Waals surface area contributed by atoms with Gasteiger partial charge in [0.05, 0.1) is 12.7 Å². The Morgan fingerprint density at radius 2 is 1.58 bits per heavy atom. The van der Waals surface area contributed by atoms with Crippen molar-refractivity contribution in [3.05, 3.63) is 0 Å². The minimum atomic E-state index is -1.15.